The average Bonchev–Trinajstić information content (AvgIpc) is 2.77. The van der Waals surface area contributed by atoms with Gasteiger partial charge in [-0.05, 0) is 74.0 Å². The third kappa shape index (κ3) is 3.49. The number of hydrogen-bond donors (Lipinski definition) is 2. The van der Waals surface area contributed by atoms with Gasteiger partial charge in [0.2, 0.25) is 0 Å². The number of hydrogen-bond acceptors (Lipinski definition) is 2. The van der Waals surface area contributed by atoms with Crippen LogP contribution in [0.1, 0.15) is 43.7 Å². The largest absolute Gasteiger partial charge is 0.396 e. The van der Waals surface area contributed by atoms with E-state index >= 15 is 0 Å². The highest BCUT2D eigenvalue weighted by Gasteiger charge is 2.38. The maximum absolute atomic E-state index is 9.09. The van der Waals surface area contributed by atoms with Crippen molar-refractivity contribution in [2.75, 3.05) is 13.2 Å². The lowest BCUT2D eigenvalue weighted by Gasteiger charge is -2.24. The Balaban J connectivity index is 1.56. The van der Waals surface area contributed by atoms with Crippen LogP contribution in [0, 0.1) is 17.8 Å². The van der Waals surface area contributed by atoms with Crippen molar-refractivity contribution in [1.82, 2.24) is 5.32 Å². The van der Waals surface area contributed by atoms with Gasteiger partial charge in [0, 0.05) is 12.6 Å². The molecule has 3 unspecified atom stereocenters. The molecule has 0 saturated heterocycles. The second-order valence-corrected chi connectivity index (χ2v) is 7.18. The maximum atomic E-state index is 9.09. The first-order chi connectivity index (χ1) is 10.3. The summed E-state index contributed by atoms with van der Waals surface area (Å²) in [7, 11) is 0. The lowest BCUT2D eigenvalue weighted by atomic mass is 9.94. The van der Waals surface area contributed by atoms with Crippen molar-refractivity contribution in [3.05, 3.63) is 35.4 Å². The van der Waals surface area contributed by atoms with Crippen LogP contribution in [0.25, 0.3) is 0 Å². The molecule has 2 bridgehead atoms. The highest BCUT2D eigenvalue weighted by molar-refractivity contribution is 5.30. The van der Waals surface area contributed by atoms with Crippen molar-refractivity contribution < 1.29 is 5.11 Å². The molecular weight excluding hydrogens is 258 g/mol. The summed E-state index contributed by atoms with van der Waals surface area (Å²) in [6.45, 7) is 3.56. The fraction of sp³-hybridized carbons (Fsp3) is 0.684. The zero-order valence-corrected chi connectivity index (χ0v) is 13.2. The summed E-state index contributed by atoms with van der Waals surface area (Å²) in [5, 5.41) is 13.0. The molecular formula is C19H29NO. The Kier molecular flexibility index (Phi) is 4.97. The number of aliphatic hydroxyl groups excluding tert-OH is 1. The third-order valence-electron chi connectivity index (χ3n) is 5.57. The van der Waals surface area contributed by atoms with Crippen LogP contribution in [-0.2, 0) is 12.8 Å². The molecule has 2 aliphatic rings. The smallest absolute Gasteiger partial charge is 0.0456 e. The van der Waals surface area contributed by atoms with E-state index in [1.165, 1.54) is 32.1 Å². The molecule has 116 valence electrons. The van der Waals surface area contributed by atoms with E-state index in [9.17, 15) is 0 Å². The van der Waals surface area contributed by atoms with Crippen LogP contribution < -0.4 is 5.32 Å². The van der Waals surface area contributed by atoms with E-state index < -0.39 is 0 Å². The molecule has 1 aromatic rings. The molecule has 1 fully saturated rings. The van der Waals surface area contributed by atoms with Gasteiger partial charge in [-0.1, -0.05) is 31.2 Å². The minimum Gasteiger partial charge on any atom is -0.396 e. The monoisotopic (exact) mass is 287 g/mol. The van der Waals surface area contributed by atoms with Gasteiger partial charge in [0.15, 0.2) is 0 Å². The number of rotatable bonds is 6. The predicted molar refractivity (Wildman–Crippen MR) is 87.3 cm³/mol. The highest BCUT2D eigenvalue weighted by atomic mass is 16.3. The zero-order chi connectivity index (χ0) is 14.7. The summed E-state index contributed by atoms with van der Waals surface area (Å²) in [5.74, 6) is 2.10. The molecule has 2 heteroatoms. The Hall–Kier alpha value is -0.860. The minimum absolute atomic E-state index is 0.323. The van der Waals surface area contributed by atoms with E-state index in [0.29, 0.717) is 18.6 Å². The first-order valence-corrected chi connectivity index (χ1v) is 8.69. The van der Waals surface area contributed by atoms with Crippen LogP contribution in [0.4, 0.5) is 0 Å². The van der Waals surface area contributed by atoms with Crippen LogP contribution in [0.15, 0.2) is 24.3 Å². The quantitative estimate of drug-likeness (QED) is 0.788. The van der Waals surface area contributed by atoms with Crippen molar-refractivity contribution in [1.29, 1.82) is 0 Å². The molecule has 0 radical (unpaired) electrons. The van der Waals surface area contributed by atoms with E-state index in [1.54, 1.807) is 11.1 Å². The molecule has 0 spiro atoms. The van der Waals surface area contributed by atoms with Crippen molar-refractivity contribution in [2.45, 2.75) is 51.5 Å². The van der Waals surface area contributed by atoms with E-state index in [2.05, 4.69) is 36.5 Å². The first-order valence-electron chi connectivity index (χ1n) is 8.69. The summed E-state index contributed by atoms with van der Waals surface area (Å²) in [6.07, 6.45) is 7.62. The molecule has 2 nitrogen and oxygen atoms in total. The lowest BCUT2D eigenvalue weighted by Crippen LogP contribution is -2.38. The molecule has 0 amide bonds. The summed E-state index contributed by atoms with van der Waals surface area (Å²) in [5.41, 5.74) is 3.18. The summed E-state index contributed by atoms with van der Waals surface area (Å²) in [6, 6.07) is 9.75. The van der Waals surface area contributed by atoms with E-state index in [4.69, 9.17) is 5.11 Å². The van der Waals surface area contributed by atoms with Gasteiger partial charge >= 0.3 is 0 Å². The Morgan fingerprint density at radius 2 is 1.76 bits per heavy atom. The van der Waals surface area contributed by atoms with Crippen LogP contribution in [-0.4, -0.2) is 24.3 Å². The fourth-order valence-electron chi connectivity index (χ4n) is 4.29. The molecule has 1 aromatic carbocycles. The molecule has 2 aliphatic carbocycles. The number of benzene rings is 1. The molecule has 0 aromatic heterocycles. The molecule has 1 saturated carbocycles. The molecule has 3 atom stereocenters. The summed E-state index contributed by atoms with van der Waals surface area (Å²) in [4.78, 5) is 0. The summed E-state index contributed by atoms with van der Waals surface area (Å²) >= 11 is 0. The van der Waals surface area contributed by atoms with E-state index in [1.807, 2.05) is 0 Å². The number of aliphatic hydroxyl groups is 1. The zero-order valence-electron chi connectivity index (χ0n) is 13.2. The average molecular weight is 287 g/mol. The molecule has 2 N–H and O–H groups in total. The van der Waals surface area contributed by atoms with Gasteiger partial charge in [-0.25, -0.2) is 0 Å². The van der Waals surface area contributed by atoms with Crippen molar-refractivity contribution in [3.8, 4) is 0 Å². The lowest BCUT2D eigenvalue weighted by molar-refractivity contribution is 0.226. The number of nitrogens with one attached hydrogen (secondary N) is 1. The standard InChI is InChI=1S/C19H29NO/c1-14(13-21)5-4-10-20-19-17-8-9-18(19)12-16-7-3-2-6-15(16)11-17/h2-3,6-7,14,17-21H,4-5,8-13H2,1H3. The Labute approximate surface area is 129 Å². The van der Waals surface area contributed by atoms with E-state index in [-0.39, 0.29) is 0 Å². The molecule has 0 aliphatic heterocycles. The molecule has 3 rings (SSSR count). The van der Waals surface area contributed by atoms with E-state index in [0.717, 1.165) is 24.8 Å². The van der Waals surface area contributed by atoms with Gasteiger partial charge in [0.25, 0.3) is 0 Å². The molecule has 21 heavy (non-hydrogen) atoms. The van der Waals surface area contributed by atoms with Crippen LogP contribution in [0.3, 0.4) is 0 Å². The van der Waals surface area contributed by atoms with Crippen molar-refractivity contribution in [3.63, 3.8) is 0 Å². The third-order valence-corrected chi connectivity index (χ3v) is 5.57. The minimum atomic E-state index is 0.323. The van der Waals surface area contributed by atoms with Crippen LogP contribution in [0.2, 0.25) is 0 Å². The first kappa shape index (κ1) is 15.1. The van der Waals surface area contributed by atoms with Gasteiger partial charge in [-0.2, -0.15) is 0 Å². The van der Waals surface area contributed by atoms with Gasteiger partial charge < -0.3 is 10.4 Å². The molecule has 0 heterocycles. The van der Waals surface area contributed by atoms with Gasteiger partial charge in [-0.15, -0.1) is 0 Å². The van der Waals surface area contributed by atoms with Crippen LogP contribution in [0.5, 0.6) is 0 Å². The van der Waals surface area contributed by atoms with Gasteiger partial charge in [-0.3, -0.25) is 0 Å². The highest BCUT2D eigenvalue weighted by Crippen LogP contribution is 2.39. The Morgan fingerprint density at radius 1 is 1.14 bits per heavy atom. The second-order valence-electron chi connectivity index (χ2n) is 7.18. The second kappa shape index (κ2) is 6.93. The Morgan fingerprint density at radius 3 is 2.33 bits per heavy atom. The SMILES string of the molecule is CC(CO)CCCNC1C2CCC1Cc1ccccc1C2. The topological polar surface area (TPSA) is 32.3 Å². The fourth-order valence-corrected chi connectivity index (χ4v) is 4.29. The normalized spacial score (nSPS) is 29.0. The van der Waals surface area contributed by atoms with Gasteiger partial charge in [0.05, 0.1) is 0 Å². The van der Waals surface area contributed by atoms with Crippen molar-refractivity contribution in [2.24, 2.45) is 17.8 Å². The maximum Gasteiger partial charge on any atom is 0.0456 e. The van der Waals surface area contributed by atoms with Gasteiger partial charge in [0.1, 0.15) is 0 Å². The van der Waals surface area contributed by atoms with Crippen LogP contribution >= 0.6 is 0 Å². The summed E-state index contributed by atoms with van der Waals surface area (Å²) < 4.78 is 0. The predicted octanol–water partition coefficient (Wildman–Crippen LogP) is 3.18. The Bertz CT molecular complexity index is 426. The van der Waals surface area contributed by atoms with Crippen molar-refractivity contribution >= 4 is 0 Å². The number of fused-ring (bicyclic) bond motifs is 3.